The fourth-order valence-electron chi connectivity index (χ4n) is 2.50. The summed E-state index contributed by atoms with van der Waals surface area (Å²) in [5.74, 6) is 0. The molecule has 2 rings (SSSR count). The average Bonchev–Trinajstić information content (AvgIpc) is 2.67. The minimum absolute atomic E-state index is 0.127. The Morgan fingerprint density at radius 1 is 1.33 bits per heavy atom. The van der Waals surface area contributed by atoms with Crippen LogP contribution in [0.2, 0.25) is 0 Å². The summed E-state index contributed by atoms with van der Waals surface area (Å²) in [4.78, 5) is 4.16. The molecule has 0 spiro atoms. The molecule has 3 heteroatoms. The first kappa shape index (κ1) is 11.1. The molecule has 0 aliphatic heterocycles. The van der Waals surface area contributed by atoms with Crippen LogP contribution in [0.5, 0.6) is 0 Å². The van der Waals surface area contributed by atoms with Crippen molar-refractivity contribution in [3.05, 3.63) is 28.5 Å². The van der Waals surface area contributed by atoms with Gasteiger partial charge in [-0.1, -0.05) is 12.8 Å². The van der Waals surface area contributed by atoms with Crippen LogP contribution in [0, 0.1) is 5.41 Å². The Kier molecular flexibility index (Phi) is 3.42. The molecule has 0 radical (unpaired) electrons. The van der Waals surface area contributed by atoms with Gasteiger partial charge in [-0.15, -0.1) is 0 Å². The number of pyridine rings is 1. The smallest absolute Gasteiger partial charge is 0.0490 e. The molecule has 1 heterocycles. The van der Waals surface area contributed by atoms with Gasteiger partial charge in [-0.05, 0) is 52.2 Å². The zero-order chi connectivity index (χ0) is 10.7. The van der Waals surface area contributed by atoms with Crippen molar-refractivity contribution in [2.24, 2.45) is 5.41 Å². The molecular formula is C12H16BrNO. The number of halogens is 1. The van der Waals surface area contributed by atoms with Crippen molar-refractivity contribution in [1.29, 1.82) is 0 Å². The van der Waals surface area contributed by atoms with Crippen molar-refractivity contribution in [3.8, 4) is 0 Å². The van der Waals surface area contributed by atoms with Crippen LogP contribution >= 0.6 is 15.9 Å². The normalized spacial score (nSPS) is 19.3. The van der Waals surface area contributed by atoms with Crippen LogP contribution in [0.3, 0.4) is 0 Å². The van der Waals surface area contributed by atoms with Crippen LogP contribution in [0.15, 0.2) is 22.9 Å². The molecule has 0 aromatic carbocycles. The molecule has 82 valence electrons. The van der Waals surface area contributed by atoms with Crippen LogP contribution in [-0.4, -0.2) is 16.7 Å². The van der Waals surface area contributed by atoms with Crippen molar-refractivity contribution in [3.63, 3.8) is 0 Å². The van der Waals surface area contributed by atoms with Crippen LogP contribution in [0.4, 0.5) is 0 Å². The zero-order valence-electron chi connectivity index (χ0n) is 8.75. The van der Waals surface area contributed by atoms with Gasteiger partial charge in [0, 0.05) is 23.5 Å². The first-order valence-corrected chi connectivity index (χ1v) is 6.24. The molecule has 1 aliphatic carbocycles. The second kappa shape index (κ2) is 4.62. The molecule has 0 bridgehead atoms. The minimum atomic E-state index is 0.127. The van der Waals surface area contributed by atoms with E-state index in [-0.39, 0.29) is 5.41 Å². The van der Waals surface area contributed by atoms with E-state index in [9.17, 15) is 5.11 Å². The maximum absolute atomic E-state index is 9.52. The van der Waals surface area contributed by atoms with E-state index in [1.54, 1.807) is 6.20 Å². The summed E-state index contributed by atoms with van der Waals surface area (Å²) in [5.41, 5.74) is 1.35. The fourth-order valence-corrected chi connectivity index (χ4v) is 2.91. The minimum Gasteiger partial charge on any atom is -0.396 e. The molecule has 1 aromatic rings. The van der Waals surface area contributed by atoms with Gasteiger partial charge in [-0.2, -0.15) is 0 Å². The second-order valence-corrected chi connectivity index (χ2v) is 5.47. The molecule has 1 N–H and O–H groups in total. The number of aliphatic hydroxyl groups is 1. The zero-order valence-corrected chi connectivity index (χ0v) is 10.3. The quantitative estimate of drug-likeness (QED) is 0.916. The van der Waals surface area contributed by atoms with Crippen molar-refractivity contribution in [2.45, 2.75) is 32.1 Å². The summed E-state index contributed by atoms with van der Waals surface area (Å²) in [6.45, 7) is 0.305. The standard InChI is InChI=1S/C12H16BrNO/c13-11-5-10(7-14-8-11)6-12(9-15)3-1-2-4-12/h5,7-8,15H,1-4,6,9H2. The van der Waals surface area contributed by atoms with E-state index in [4.69, 9.17) is 0 Å². The Hall–Kier alpha value is -0.410. The van der Waals surface area contributed by atoms with E-state index in [2.05, 4.69) is 27.0 Å². The summed E-state index contributed by atoms with van der Waals surface area (Å²) in [7, 11) is 0. The molecule has 1 fully saturated rings. The van der Waals surface area contributed by atoms with Crippen LogP contribution in [0.25, 0.3) is 0 Å². The number of hydrogen-bond acceptors (Lipinski definition) is 2. The Labute approximate surface area is 98.9 Å². The van der Waals surface area contributed by atoms with Crippen molar-refractivity contribution >= 4 is 15.9 Å². The summed E-state index contributed by atoms with van der Waals surface area (Å²) in [5, 5.41) is 9.52. The van der Waals surface area contributed by atoms with E-state index in [0.717, 1.165) is 23.7 Å². The Morgan fingerprint density at radius 2 is 2.07 bits per heavy atom. The lowest BCUT2D eigenvalue weighted by Crippen LogP contribution is -2.24. The van der Waals surface area contributed by atoms with Gasteiger partial charge in [0.2, 0.25) is 0 Å². The third-order valence-corrected chi connectivity index (χ3v) is 3.77. The van der Waals surface area contributed by atoms with Gasteiger partial charge in [0.15, 0.2) is 0 Å². The van der Waals surface area contributed by atoms with Gasteiger partial charge in [0.05, 0.1) is 0 Å². The third-order valence-electron chi connectivity index (χ3n) is 3.34. The third kappa shape index (κ3) is 2.58. The average molecular weight is 270 g/mol. The molecule has 1 saturated carbocycles. The maximum atomic E-state index is 9.52. The maximum Gasteiger partial charge on any atom is 0.0490 e. The lowest BCUT2D eigenvalue weighted by molar-refractivity contribution is 0.130. The van der Waals surface area contributed by atoms with E-state index < -0.39 is 0 Å². The lowest BCUT2D eigenvalue weighted by Gasteiger charge is -2.26. The lowest BCUT2D eigenvalue weighted by atomic mass is 9.81. The monoisotopic (exact) mass is 269 g/mol. The predicted octanol–water partition coefficient (Wildman–Crippen LogP) is 2.94. The highest BCUT2D eigenvalue weighted by atomic mass is 79.9. The molecule has 0 atom stereocenters. The molecule has 1 aliphatic rings. The number of aliphatic hydroxyl groups excluding tert-OH is 1. The van der Waals surface area contributed by atoms with Gasteiger partial charge in [-0.25, -0.2) is 0 Å². The number of aromatic nitrogens is 1. The Balaban J connectivity index is 2.12. The van der Waals surface area contributed by atoms with E-state index in [0.29, 0.717) is 6.61 Å². The van der Waals surface area contributed by atoms with Crippen molar-refractivity contribution in [1.82, 2.24) is 4.98 Å². The van der Waals surface area contributed by atoms with Crippen molar-refractivity contribution < 1.29 is 5.11 Å². The largest absolute Gasteiger partial charge is 0.396 e. The highest BCUT2D eigenvalue weighted by molar-refractivity contribution is 9.10. The molecule has 15 heavy (non-hydrogen) atoms. The van der Waals surface area contributed by atoms with Crippen LogP contribution in [0.1, 0.15) is 31.2 Å². The molecule has 0 saturated heterocycles. The highest BCUT2D eigenvalue weighted by Crippen LogP contribution is 2.40. The highest BCUT2D eigenvalue weighted by Gasteiger charge is 2.33. The predicted molar refractivity (Wildman–Crippen MR) is 63.6 cm³/mol. The fraction of sp³-hybridized carbons (Fsp3) is 0.583. The van der Waals surface area contributed by atoms with Crippen LogP contribution in [-0.2, 0) is 6.42 Å². The van der Waals surface area contributed by atoms with Gasteiger partial charge < -0.3 is 5.11 Å². The SMILES string of the molecule is OCC1(Cc2cncc(Br)c2)CCCC1. The van der Waals surface area contributed by atoms with Gasteiger partial charge >= 0.3 is 0 Å². The number of hydrogen-bond donors (Lipinski definition) is 1. The second-order valence-electron chi connectivity index (χ2n) is 4.55. The molecule has 0 unspecified atom stereocenters. The first-order valence-electron chi connectivity index (χ1n) is 5.44. The van der Waals surface area contributed by atoms with Crippen molar-refractivity contribution in [2.75, 3.05) is 6.61 Å². The summed E-state index contributed by atoms with van der Waals surface area (Å²) < 4.78 is 1.02. The van der Waals surface area contributed by atoms with E-state index >= 15 is 0 Å². The first-order chi connectivity index (χ1) is 7.24. The summed E-state index contributed by atoms with van der Waals surface area (Å²) in [6.07, 6.45) is 9.45. The molecule has 0 amide bonds. The van der Waals surface area contributed by atoms with E-state index in [1.165, 1.54) is 18.4 Å². The summed E-state index contributed by atoms with van der Waals surface area (Å²) in [6, 6.07) is 2.10. The van der Waals surface area contributed by atoms with Crippen LogP contribution < -0.4 is 0 Å². The summed E-state index contributed by atoms with van der Waals surface area (Å²) >= 11 is 3.43. The van der Waals surface area contributed by atoms with Gasteiger partial charge in [-0.3, -0.25) is 4.98 Å². The van der Waals surface area contributed by atoms with Gasteiger partial charge in [0.1, 0.15) is 0 Å². The Bertz CT molecular complexity index is 334. The van der Waals surface area contributed by atoms with Gasteiger partial charge in [0.25, 0.3) is 0 Å². The number of nitrogens with zero attached hydrogens (tertiary/aromatic N) is 1. The topological polar surface area (TPSA) is 33.1 Å². The Morgan fingerprint density at radius 3 is 2.67 bits per heavy atom. The number of rotatable bonds is 3. The molecule has 2 nitrogen and oxygen atoms in total. The van der Waals surface area contributed by atoms with E-state index in [1.807, 2.05) is 6.20 Å². The molecule has 1 aromatic heterocycles. The molecular weight excluding hydrogens is 254 g/mol.